The number of carbonyl (C=O) groups excluding carboxylic acids is 1. The van der Waals surface area contributed by atoms with Gasteiger partial charge in [-0.3, -0.25) is 4.79 Å². The van der Waals surface area contributed by atoms with Crippen molar-refractivity contribution in [1.29, 1.82) is 0 Å². The molecule has 5 rings (SSSR count). The van der Waals surface area contributed by atoms with Gasteiger partial charge in [-0.15, -0.1) is 0 Å². The van der Waals surface area contributed by atoms with Crippen molar-refractivity contribution < 1.29 is 46.1 Å². The number of rotatable bonds is 3. The van der Waals surface area contributed by atoms with E-state index in [9.17, 15) is 18.0 Å². The van der Waals surface area contributed by atoms with Crippen LogP contribution in [-0.4, -0.2) is 63.4 Å². The van der Waals surface area contributed by atoms with Crippen LogP contribution in [0.25, 0.3) is 0 Å². The van der Waals surface area contributed by atoms with Gasteiger partial charge in [0.15, 0.2) is 25.6 Å². The van der Waals surface area contributed by atoms with Crippen LogP contribution in [0.2, 0.25) is 18.1 Å². The summed E-state index contributed by atoms with van der Waals surface area (Å²) in [6.45, 7) is 14.2. The standard InChI is InChI=1S/C25H34F3NO7Si/c1-23(2,3)37(6,7)36-21-18-16(13-9-15-14(32-11-33-15)8-12(13)10-31-18)17(29-22(30)25(26,27)28)19-20(21)35-24(4,5)34-19/h8-9,16-21H,10-11H2,1-7H3,(H,29,30)/t16-,17-,18-,19+,20+,21+/m1/s1. The quantitative estimate of drug-likeness (QED) is 0.565. The van der Waals surface area contributed by atoms with Gasteiger partial charge in [-0.25, -0.2) is 0 Å². The highest BCUT2D eigenvalue weighted by atomic mass is 28.4. The van der Waals surface area contributed by atoms with Crippen molar-refractivity contribution in [2.24, 2.45) is 0 Å². The van der Waals surface area contributed by atoms with E-state index in [1.54, 1.807) is 26.0 Å². The summed E-state index contributed by atoms with van der Waals surface area (Å²) in [5.41, 5.74) is 1.46. The number of fused-ring (bicyclic) bond motifs is 5. The minimum Gasteiger partial charge on any atom is -0.454 e. The smallest absolute Gasteiger partial charge is 0.454 e. The summed E-state index contributed by atoms with van der Waals surface area (Å²) >= 11 is 0. The van der Waals surface area contributed by atoms with Crippen LogP contribution < -0.4 is 14.8 Å². The van der Waals surface area contributed by atoms with Crippen molar-refractivity contribution in [2.75, 3.05) is 6.79 Å². The van der Waals surface area contributed by atoms with Crippen LogP contribution in [-0.2, 0) is 30.0 Å². The van der Waals surface area contributed by atoms with E-state index < -0.39 is 62.6 Å². The van der Waals surface area contributed by atoms with Crippen molar-refractivity contribution in [3.63, 3.8) is 0 Å². The number of carbonyl (C=O) groups is 1. The second kappa shape index (κ2) is 8.57. The van der Waals surface area contributed by atoms with Gasteiger partial charge in [0, 0.05) is 5.92 Å². The van der Waals surface area contributed by atoms with Crippen LogP contribution in [0.3, 0.4) is 0 Å². The second-order valence-electron chi connectivity index (χ2n) is 12.1. The maximum Gasteiger partial charge on any atom is 0.471 e. The molecular formula is C25H34F3NO7Si. The normalized spacial score (nSPS) is 32.4. The first-order valence-electron chi connectivity index (χ1n) is 12.4. The largest absolute Gasteiger partial charge is 0.471 e. The van der Waals surface area contributed by atoms with E-state index in [4.69, 9.17) is 28.1 Å². The molecule has 0 radical (unpaired) electrons. The Morgan fingerprint density at radius 3 is 2.30 bits per heavy atom. The minimum atomic E-state index is -5.07. The molecule has 3 heterocycles. The fraction of sp³-hybridized carbons (Fsp3) is 0.720. The zero-order valence-corrected chi connectivity index (χ0v) is 23.0. The maximum absolute atomic E-state index is 13.5. The fourth-order valence-corrected chi connectivity index (χ4v) is 6.70. The molecule has 0 unspecified atom stereocenters. The Bertz CT molecular complexity index is 1090. The van der Waals surface area contributed by atoms with Crippen LogP contribution >= 0.6 is 0 Å². The summed E-state index contributed by atoms with van der Waals surface area (Å²) in [6.07, 6.45) is -8.05. The topological polar surface area (TPSA) is 84.5 Å². The maximum atomic E-state index is 13.5. The molecule has 1 saturated carbocycles. The van der Waals surface area contributed by atoms with Gasteiger partial charge >= 0.3 is 12.1 Å². The van der Waals surface area contributed by atoms with Gasteiger partial charge < -0.3 is 33.4 Å². The number of benzene rings is 1. The van der Waals surface area contributed by atoms with Gasteiger partial charge in [-0.05, 0) is 55.2 Å². The third-order valence-corrected chi connectivity index (χ3v) is 12.6. The molecule has 8 nitrogen and oxygen atoms in total. The fourth-order valence-electron chi connectivity index (χ4n) is 5.40. The average molecular weight is 546 g/mol. The molecule has 1 aliphatic carbocycles. The van der Waals surface area contributed by atoms with Crippen molar-refractivity contribution >= 4 is 14.2 Å². The Morgan fingerprint density at radius 1 is 1.05 bits per heavy atom. The van der Waals surface area contributed by atoms with Crippen LogP contribution in [0.5, 0.6) is 11.5 Å². The van der Waals surface area contributed by atoms with E-state index in [0.29, 0.717) is 17.1 Å². The Morgan fingerprint density at radius 2 is 1.68 bits per heavy atom. The van der Waals surface area contributed by atoms with Gasteiger partial charge in [-0.2, -0.15) is 13.2 Å². The SMILES string of the molecule is CC1(C)O[C@@H]2[C@@H](O[Si](C)(C)C(C)(C)C)[C@@H]3OCc4cc5c(cc4[C@@H]3[C@@H](NC(=O)C(F)(F)F)[C@@H]2O1)OCO5. The molecule has 0 aromatic heterocycles. The zero-order valence-electron chi connectivity index (χ0n) is 22.0. The Labute approximate surface area is 215 Å². The first-order chi connectivity index (χ1) is 17.0. The van der Waals surface area contributed by atoms with Crippen molar-refractivity contribution in [3.05, 3.63) is 23.3 Å². The molecule has 0 spiro atoms. The first-order valence-corrected chi connectivity index (χ1v) is 15.3. The first kappa shape index (κ1) is 26.7. The van der Waals surface area contributed by atoms with Crippen LogP contribution in [0.15, 0.2) is 12.1 Å². The molecule has 4 aliphatic rings. The van der Waals surface area contributed by atoms with E-state index in [-0.39, 0.29) is 18.4 Å². The number of amides is 1. The van der Waals surface area contributed by atoms with Crippen LogP contribution in [0.1, 0.15) is 51.7 Å². The average Bonchev–Trinajstić information content (AvgIpc) is 3.34. The predicted molar refractivity (Wildman–Crippen MR) is 128 cm³/mol. The summed E-state index contributed by atoms with van der Waals surface area (Å²) in [5.74, 6) is -2.82. The lowest BCUT2D eigenvalue weighted by Gasteiger charge is -2.52. The molecule has 1 amide bonds. The molecule has 6 atom stereocenters. The number of ether oxygens (including phenoxy) is 5. The molecule has 3 aliphatic heterocycles. The lowest BCUT2D eigenvalue weighted by molar-refractivity contribution is -0.180. The molecule has 1 aromatic carbocycles. The second-order valence-corrected chi connectivity index (χ2v) is 16.9. The van der Waals surface area contributed by atoms with Gasteiger partial charge in [0.05, 0.1) is 18.8 Å². The van der Waals surface area contributed by atoms with Gasteiger partial charge in [0.2, 0.25) is 6.79 Å². The highest BCUT2D eigenvalue weighted by molar-refractivity contribution is 6.74. The van der Waals surface area contributed by atoms with Crippen LogP contribution in [0.4, 0.5) is 13.2 Å². The predicted octanol–water partition coefficient (Wildman–Crippen LogP) is 4.37. The summed E-state index contributed by atoms with van der Waals surface area (Å²) in [5, 5.41) is 2.08. The van der Waals surface area contributed by atoms with Crippen molar-refractivity contribution in [2.45, 2.75) is 108 Å². The molecule has 1 N–H and O–H groups in total. The molecule has 2 fully saturated rings. The number of halogens is 3. The van der Waals surface area contributed by atoms with Gasteiger partial charge in [0.1, 0.15) is 18.3 Å². The Balaban J connectivity index is 1.63. The van der Waals surface area contributed by atoms with Gasteiger partial charge in [-0.1, -0.05) is 20.8 Å². The molecule has 1 aromatic rings. The molecule has 0 bridgehead atoms. The number of hydrogen-bond acceptors (Lipinski definition) is 7. The summed E-state index contributed by atoms with van der Waals surface area (Å²) in [6, 6.07) is 2.46. The van der Waals surface area contributed by atoms with Crippen molar-refractivity contribution in [1.82, 2.24) is 5.32 Å². The Kier molecular flexibility index (Phi) is 6.19. The highest BCUT2D eigenvalue weighted by Gasteiger charge is 2.63. The Hall–Kier alpha value is -1.86. The third kappa shape index (κ3) is 4.64. The van der Waals surface area contributed by atoms with E-state index in [1.807, 2.05) is 0 Å². The van der Waals surface area contributed by atoms with Gasteiger partial charge in [0.25, 0.3) is 0 Å². The molecular weight excluding hydrogens is 511 g/mol. The number of nitrogens with one attached hydrogen (secondary N) is 1. The van der Waals surface area contributed by atoms with Crippen molar-refractivity contribution in [3.8, 4) is 11.5 Å². The molecule has 37 heavy (non-hydrogen) atoms. The lowest BCUT2D eigenvalue weighted by Crippen LogP contribution is -2.68. The summed E-state index contributed by atoms with van der Waals surface area (Å²) in [7, 11) is -2.39. The lowest BCUT2D eigenvalue weighted by atomic mass is 9.71. The molecule has 12 heteroatoms. The third-order valence-electron chi connectivity index (χ3n) is 8.12. The summed E-state index contributed by atoms with van der Waals surface area (Å²) in [4.78, 5) is 12.3. The highest BCUT2D eigenvalue weighted by Crippen LogP contribution is 2.52. The molecule has 206 valence electrons. The van der Waals surface area contributed by atoms with E-state index in [2.05, 4.69) is 39.2 Å². The summed E-state index contributed by atoms with van der Waals surface area (Å²) < 4.78 is 77.1. The zero-order chi connectivity index (χ0) is 27.1. The van der Waals surface area contributed by atoms with E-state index >= 15 is 0 Å². The van der Waals surface area contributed by atoms with E-state index in [0.717, 1.165) is 5.56 Å². The molecule has 1 saturated heterocycles. The minimum absolute atomic E-state index is 0.0500. The number of hydrogen-bond donors (Lipinski definition) is 1. The van der Waals surface area contributed by atoms with E-state index in [1.165, 1.54) is 0 Å². The monoisotopic (exact) mass is 545 g/mol. The number of alkyl halides is 3. The van der Waals surface area contributed by atoms with Crippen LogP contribution in [0, 0.1) is 0 Å².